The molecule has 1 saturated carbocycles. The Morgan fingerprint density at radius 3 is 2.65 bits per heavy atom. The second-order valence-corrected chi connectivity index (χ2v) is 5.99. The second-order valence-electron chi connectivity index (χ2n) is 5.23. The van der Waals surface area contributed by atoms with E-state index in [1.807, 2.05) is 6.92 Å². The maximum atomic E-state index is 12.1. The number of aromatic nitrogens is 2. The van der Waals surface area contributed by atoms with E-state index in [1.54, 1.807) is 0 Å². The lowest BCUT2D eigenvalue weighted by atomic mass is 9.74. The molecule has 1 heterocycles. The average Bonchev–Trinajstić information content (AvgIpc) is 2.94. The number of nitrogens with zero attached hydrogens (tertiary/aromatic N) is 2. The van der Waals surface area contributed by atoms with Crippen molar-refractivity contribution in [3.63, 3.8) is 0 Å². The number of carboxylic acids is 1. The maximum absolute atomic E-state index is 12.1. The minimum atomic E-state index is -0.810. The Kier molecular flexibility index (Phi) is 4.69. The molecule has 0 atom stereocenters. The first kappa shape index (κ1) is 14.9. The number of carbonyl (C=O) groups is 2. The van der Waals surface area contributed by atoms with Crippen LogP contribution in [0.2, 0.25) is 0 Å². The van der Waals surface area contributed by atoms with Gasteiger partial charge < -0.3 is 10.4 Å². The van der Waals surface area contributed by atoms with Crippen molar-refractivity contribution in [2.24, 2.45) is 5.41 Å². The quantitative estimate of drug-likeness (QED) is 0.865. The summed E-state index contributed by atoms with van der Waals surface area (Å²) in [6.45, 7) is 2.09. The molecule has 0 unspecified atom stereocenters. The first-order valence-electron chi connectivity index (χ1n) is 6.92. The Morgan fingerprint density at radius 2 is 2.05 bits per heavy atom. The summed E-state index contributed by atoms with van der Waals surface area (Å²) in [5, 5.41) is 16.1. The van der Waals surface area contributed by atoms with Crippen LogP contribution in [-0.4, -0.2) is 33.1 Å². The highest BCUT2D eigenvalue weighted by Crippen LogP contribution is 2.36. The van der Waals surface area contributed by atoms with Crippen molar-refractivity contribution < 1.29 is 14.7 Å². The number of carbonyl (C=O) groups excluding carboxylic acids is 1. The van der Waals surface area contributed by atoms with Gasteiger partial charge in [-0.25, -0.2) is 0 Å². The molecule has 0 spiro atoms. The lowest BCUT2D eigenvalue weighted by Crippen LogP contribution is -2.44. The van der Waals surface area contributed by atoms with Gasteiger partial charge in [-0.3, -0.25) is 9.59 Å². The van der Waals surface area contributed by atoms with Crippen molar-refractivity contribution >= 4 is 23.4 Å². The predicted molar refractivity (Wildman–Crippen MR) is 74.8 cm³/mol. The molecule has 110 valence electrons. The van der Waals surface area contributed by atoms with Crippen LogP contribution in [0.25, 0.3) is 0 Å². The van der Waals surface area contributed by atoms with E-state index in [4.69, 9.17) is 0 Å². The molecule has 2 N–H and O–H groups in total. The van der Waals surface area contributed by atoms with E-state index in [0.717, 1.165) is 30.8 Å². The van der Waals surface area contributed by atoms with Gasteiger partial charge in [0.15, 0.2) is 0 Å². The van der Waals surface area contributed by atoms with Crippen LogP contribution in [0.4, 0.5) is 0 Å². The Hall–Kier alpha value is -1.50. The van der Waals surface area contributed by atoms with Gasteiger partial charge in [0.25, 0.3) is 5.91 Å². The molecule has 2 rings (SSSR count). The standard InChI is InChI=1S/C13H19N3O3S/c1-2-9-10(20-16-15-9)11(17)14-8-13(12(18)19)6-4-3-5-7-13/h2-8H2,1H3,(H,14,17)(H,18,19). The molecule has 0 aliphatic heterocycles. The van der Waals surface area contributed by atoms with Crippen LogP contribution < -0.4 is 5.32 Å². The zero-order valence-electron chi connectivity index (χ0n) is 11.5. The van der Waals surface area contributed by atoms with Gasteiger partial charge >= 0.3 is 5.97 Å². The van der Waals surface area contributed by atoms with Crippen LogP contribution in [0.15, 0.2) is 0 Å². The normalized spacial score (nSPS) is 17.6. The van der Waals surface area contributed by atoms with Crippen LogP contribution in [0.3, 0.4) is 0 Å². The monoisotopic (exact) mass is 297 g/mol. The van der Waals surface area contributed by atoms with Crippen molar-refractivity contribution in [1.29, 1.82) is 0 Å². The smallest absolute Gasteiger partial charge is 0.311 e. The minimum Gasteiger partial charge on any atom is -0.481 e. The van der Waals surface area contributed by atoms with Gasteiger partial charge in [-0.1, -0.05) is 30.7 Å². The van der Waals surface area contributed by atoms with Gasteiger partial charge in [-0.05, 0) is 30.8 Å². The Labute approximate surface area is 121 Å². The molecule has 1 aliphatic rings. The SMILES string of the molecule is CCc1nnsc1C(=O)NCC1(C(=O)O)CCCCC1. The fourth-order valence-electron chi connectivity index (χ4n) is 2.64. The van der Waals surface area contributed by atoms with Crippen molar-refractivity contribution in [2.45, 2.75) is 45.4 Å². The van der Waals surface area contributed by atoms with E-state index >= 15 is 0 Å². The first-order chi connectivity index (χ1) is 9.59. The maximum Gasteiger partial charge on any atom is 0.311 e. The van der Waals surface area contributed by atoms with E-state index < -0.39 is 11.4 Å². The summed E-state index contributed by atoms with van der Waals surface area (Å²) >= 11 is 1.06. The Bertz CT molecular complexity index is 495. The van der Waals surface area contributed by atoms with Crippen LogP contribution in [0, 0.1) is 5.41 Å². The highest BCUT2D eigenvalue weighted by molar-refractivity contribution is 7.08. The lowest BCUT2D eigenvalue weighted by molar-refractivity contribution is -0.150. The van der Waals surface area contributed by atoms with E-state index in [2.05, 4.69) is 14.9 Å². The molecule has 1 aromatic rings. The largest absolute Gasteiger partial charge is 0.481 e. The number of carboxylic acid groups (broad SMARTS) is 1. The number of amides is 1. The zero-order chi connectivity index (χ0) is 14.6. The molecule has 0 saturated heterocycles. The Morgan fingerprint density at radius 1 is 1.35 bits per heavy atom. The molecular weight excluding hydrogens is 278 g/mol. The number of rotatable bonds is 5. The van der Waals surface area contributed by atoms with Crippen molar-refractivity contribution in [2.75, 3.05) is 6.54 Å². The molecule has 1 aromatic heterocycles. The molecular formula is C13H19N3O3S. The molecule has 6 nitrogen and oxygen atoms in total. The molecule has 1 fully saturated rings. The van der Waals surface area contributed by atoms with Gasteiger partial charge in [0.1, 0.15) is 4.88 Å². The van der Waals surface area contributed by atoms with Crippen LogP contribution in [0.5, 0.6) is 0 Å². The van der Waals surface area contributed by atoms with Crippen LogP contribution in [-0.2, 0) is 11.2 Å². The van der Waals surface area contributed by atoms with Gasteiger partial charge in [0.2, 0.25) is 0 Å². The molecule has 1 aliphatic carbocycles. The highest BCUT2D eigenvalue weighted by atomic mass is 32.1. The third kappa shape index (κ3) is 2.98. The molecule has 1 amide bonds. The summed E-state index contributed by atoms with van der Waals surface area (Å²) < 4.78 is 3.78. The van der Waals surface area contributed by atoms with Crippen molar-refractivity contribution in [1.82, 2.24) is 14.9 Å². The molecule has 0 aromatic carbocycles. The summed E-state index contributed by atoms with van der Waals surface area (Å²) in [5.41, 5.74) is -0.140. The topological polar surface area (TPSA) is 92.2 Å². The van der Waals surface area contributed by atoms with Gasteiger partial charge in [-0.2, -0.15) is 0 Å². The third-order valence-electron chi connectivity index (χ3n) is 3.95. The molecule has 7 heteroatoms. The van der Waals surface area contributed by atoms with E-state index in [0.29, 0.717) is 29.8 Å². The minimum absolute atomic E-state index is 0.183. The fraction of sp³-hybridized carbons (Fsp3) is 0.692. The predicted octanol–water partition coefficient (Wildman–Crippen LogP) is 1.87. The highest BCUT2D eigenvalue weighted by Gasteiger charge is 2.40. The zero-order valence-corrected chi connectivity index (χ0v) is 12.3. The fourth-order valence-corrected chi connectivity index (χ4v) is 3.30. The van der Waals surface area contributed by atoms with Gasteiger partial charge in [0, 0.05) is 6.54 Å². The number of hydrogen-bond donors (Lipinski definition) is 2. The van der Waals surface area contributed by atoms with E-state index in [9.17, 15) is 14.7 Å². The molecule has 20 heavy (non-hydrogen) atoms. The summed E-state index contributed by atoms with van der Waals surface area (Å²) in [6, 6.07) is 0. The Balaban J connectivity index is 2.03. The number of nitrogens with one attached hydrogen (secondary N) is 1. The van der Waals surface area contributed by atoms with Crippen molar-refractivity contribution in [3.8, 4) is 0 Å². The molecule has 0 radical (unpaired) electrons. The lowest BCUT2D eigenvalue weighted by Gasteiger charge is -2.33. The van der Waals surface area contributed by atoms with Crippen LogP contribution in [0.1, 0.15) is 54.4 Å². The summed E-state index contributed by atoms with van der Waals surface area (Å²) in [4.78, 5) is 24.1. The van der Waals surface area contributed by atoms with Crippen LogP contribution >= 0.6 is 11.5 Å². The number of aryl methyl sites for hydroxylation is 1. The van der Waals surface area contributed by atoms with Crippen molar-refractivity contribution in [3.05, 3.63) is 10.6 Å². The second kappa shape index (κ2) is 6.30. The average molecular weight is 297 g/mol. The summed E-state index contributed by atoms with van der Waals surface area (Å²) in [7, 11) is 0. The van der Waals surface area contributed by atoms with Gasteiger partial charge in [-0.15, -0.1) is 5.10 Å². The summed E-state index contributed by atoms with van der Waals surface area (Å²) in [5.74, 6) is -1.07. The van der Waals surface area contributed by atoms with Gasteiger partial charge in [0.05, 0.1) is 11.1 Å². The number of hydrogen-bond acceptors (Lipinski definition) is 5. The summed E-state index contributed by atoms with van der Waals surface area (Å²) in [6.07, 6.45) is 4.79. The first-order valence-corrected chi connectivity index (χ1v) is 7.69. The van der Waals surface area contributed by atoms with E-state index in [-0.39, 0.29) is 12.5 Å². The van der Waals surface area contributed by atoms with E-state index in [1.165, 1.54) is 0 Å². The number of aliphatic carboxylic acids is 1. The third-order valence-corrected chi connectivity index (χ3v) is 4.72. The molecule has 0 bridgehead atoms.